The fourth-order valence-electron chi connectivity index (χ4n) is 2.75. The zero-order valence-electron chi connectivity index (χ0n) is 10.4. The van der Waals surface area contributed by atoms with Crippen LogP contribution in [0.4, 0.5) is 0 Å². The van der Waals surface area contributed by atoms with E-state index in [2.05, 4.69) is 18.2 Å². The van der Waals surface area contributed by atoms with E-state index in [0.717, 1.165) is 25.2 Å². The molecule has 1 saturated carbocycles. The second-order valence-corrected chi connectivity index (χ2v) is 5.60. The summed E-state index contributed by atoms with van der Waals surface area (Å²) in [4.78, 5) is 0. The van der Waals surface area contributed by atoms with Gasteiger partial charge in [0, 0.05) is 18.8 Å². The van der Waals surface area contributed by atoms with Crippen molar-refractivity contribution < 1.29 is 0 Å². The maximum absolute atomic E-state index is 6.53. The standard InChI is InChI=1S/C13H23N3/c1-11-4-3-6-13(14,7-5-11)8-12-9-15-16(2)10-12/h9-11H,3-8,14H2,1-2H3. The SMILES string of the molecule is CC1CCCC(N)(Cc2cnn(C)c2)CC1. The maximum atomic E-state index is 6.53. The third-order valence-electron chi connectivity index (χ3n) is 3.82. The van der Waals surface area contributed by atoms with Crippen LogP contribution in [0.1, 0.15) is 44.6 Å². The Morgan fingerprint density at radius 2 is 2.31 bits per heavy atom. The van der Waals surface area contributed by atoms with Gasteiger partial charge in [-0.15, -0.1) is 0 Å². The van der Waals surface area contributed by atoms with Crippen LogP contribution in [0.2, 0.25) is 0 Å². The van der Waals surface area contributed by atoms with E-state index in [4.69, 9.17) is 5.73 Å². The molecule has 0 aliphatic heterocycles. The first kappa shape index (κ1) is 11.6. The second-order valence-electron chi connectivity index (χ2n) is 5.60. The fraction of sp³-hybridized carbons (Fsp3) is 0.769. The van der Waals surface area contributed by atoms with Gasteiger partial charge in [-0.2, -0.15) is 5.10 Å². The fourth-order valence-corrected chi connectivity index (χ4v) is 2.75. The smallest absolute Gasteiger partial charge is 0.0522 e. The summed E-state index contributed by atoms with van der Waals surface area (Å²) in [6, 6.07) is 0. The predicted molar refractivity (Wildman–Crippen MR) is 66.1 cm³/mol. The van der Waals surface area contributed by atoms with E-state index < -0.39 is 0 Å². The van der Waals surface area contributed by atoms with Crippen LogP contribution in [0.25, 0.3) is 0 Å². The molecule has 90 valence electrons. The summed E-state index contributed by atoms with van der Waals surface area (Å²) in [5, 5.41) is 4.21. The summed E-state index contributed by atoms with van der Waals surface area (Å²) in [7, 11) is 1.96. The molecular formula is C13H23N3. The van der Waals surface area contributed by atoms with Crippen LogP contribution >= 0.6 is 0 Å². The molecule has 0 bridgehead atoms. The van der Waals surface area contributed by atoms with E-state index in [1.54, 1.807) is 0 Å². The molecule has 1 heterocycles. The van der Waals surface area contributed by atoms with Crippen LogP contribution in [0.3, 0.4) is 0 Å². The first-order valence-electron chi connectivity index (χ1n) is 6.34. The van der Waals surface area contributed by atoms with Crippen LogP contribution in [0.15, 0.2) is 12.4 Å². The lowest BCUT2D eigenvalue weighted by Crippen LogP contribution is -2.41. The highest BCUT2D eigenvalue weighted by Gasteiger charge is 2.28. The van der Waals surface area contributed by atoms with E-state index >= 15 is 0 Å². The predicted octanol–water partition coefficient (Wildman–Crippen LogP) is 2.26. The molecule has 1 fully saturated rings. The van der Waals surface area contributed by atoms with Crippen molar-refractivity contribution in [2.45, 2.75) is 51.0 Å². The molecule has 1 aromatic heterocycles. The van der Waals surface area contributed by atoms with Crippen molar-refractivity contribution in [1.82, 2.24) is 9.78 Å². The van der Waals surface area contributed by atoms with Gasteiger partial charge in [-0.1, -0.05) is 19.8 Å². The number of nitrogens with two attached hydrogens (primary N) is 1. The zero-order valence-corrected chi connectivity index (χ0v) is 10.4. The van der Waals surface area contributed by atoms with Crippen molar-refractivity contribution in [2.24, 2.45) is 18.7 Å². The van der Waals surface area contributed by atoms with E-state index in [9.17, 15) is 0 Å². The largest absolute Gasteiger partial charge is 0.325 e. The van der Waals surface area contributed by atoms with Gasteiger partial charge in [-0.25, -0.2) is 0 Å². The average molecular weight is 221 g/mol. The Hall–Kier alpha value is -0.830. The van der Waals surface area contributed by atoms with Gasteiger partial charge in [0.1, 0.15) is 0 Å². The summed E-state index contributed by atoms with van der Waals surface area (Å²) >= 11 is 0. The third-order valence-corrected chi connectivity index (χ3v) is 3.82. The van der Waals surface area contributed by atoms with Crippen molar-refractivity contribution >= 4 is 0 Å². The number of rotatable bonds is 2. The first-order valence-corrected chi connectivity index (χ1v) is 6.34. The van der Waals surface area contributed by atoms with E-state index in [0.29, 0.717) is 0 Å². The highest BCUT2D eigenvalue weighted by Crippen LogP contribution is 2.30. The van der Waals surface area contributed by atoms with E-state index in [-0.39, 0.29) is 5.54 Å². The van der Waals surface area contributed by atoms with Crippen LogP contribution in [-0.4, -0.2) is 15.3 Å². The molecule has 0 amide bonds. The normalized spacial score (nSPS) is 31.3. The van der Waals surface area contributed by atoms with Crippen molar-refractivity contribution in [2.75, 3.05) is 0 Å². The average Bonchev–Trinajstić information content (AvgIpc) is 2.53. The van der Waals surface area contributed by atoms with Crippen LogP contribution in [0, 0.1) is 5.92 Å². The van der Waals surface area contributed by atoms with Gasteiger partial charge >= 0.3 is 0 Å². The second kappa shape index (κ2) is 4.58. The monoisotopic (exact) mass is 221 g/mol. The Balaban J connectivity index is 2.01. The molecule has 2 N–H and O–H groups in total. The van der Waals surface area contributed by atoms with E-state index in [1.165, 1.54) is 24.8 Å². The molecule has 3 heteroatoms. The molecule has 3 nitrogen and oxygen atoms in total. The Bertz CT molecular complexity index is 345. The van der Waals surface area contributed by atoms with Crippen LogP contribution < -0.4 is 5.73 Å². The molecule has 0 radical (unpaired) electrons. The number of aromatic nitrogens is 2. The lowest BCUT2D eigenvalue weighted by Gasteiger charge is -2.27. The maximum Gasteiger partial charge on any atom is 0.0522 e. The topological polar surface area (TPSA) is 43.8 Å². The molecule has 1 aliphatic carbocycles. The first-order chi connectivity index (χ1) is 7.57. The lowest BCUT2D eigenvalue weighted by atomic mass is 9.85. The molecule has 2 atom stereocenters. The van der Waals surface area contributed by atoms with Gasteiger partial charge in [0.05, 0.1) is 6.20 Å². The van der Waals surface area contributed by atoms with Gasteiger partial charge in [-0.3, -0.25) is 4.68 Å². The molecule has 0 saturated heterocycles. The van der Waals surface area contributed by atoms with Gasteiger partial charge in [-0.05, 0) is 37.2 Å². The third kappa shape index (κ3) is 2.85. The molecule has 2 unspecified atom stereocenters. The molecular weight excluding hydrogens is 198 g/mol. The molecule has 2 rings (SSSR count). The Labute approximate surface area is 98.0 Å². The number of hydrogen-bond acceptors (Lipinski definition) is 2. The molecule has 1 aromatic rings. The van der Waals surface area contributed by atoms with Gasteiger partial charge < -0.3 is 5.73 Å². The lowest BCUT2D eigenvalue weighted by molar-refractivity contribution is 0.363. The van der Waals surface area contributed by atoms with Gasteiger partial charge in [0.25, 0.3) is 0 Å². The molecule has 1 aliphatic rings. The van der Waals surface area contributed by atoms with Crippen molar-refractivity contribution in [3.63, 3.8) is 0 Å². The zero-order chi connectivity index (χ0) is 11.6. The highest BCUT2D eigenvalue weighted by atomic mass is 15.2. The summed E-state index contributed by atoms with van der Waals surface area (Å²) < 4.78 is 1.86. The summed E-state index contributed by atoms with van der Waals surface area (Å²) in [6.45, 7) is 2.34. The summed E-state index contributed by atoms with van der Waals surface area (Å²) in [5.74, 6) is 0.847. The molecule has 0 aromatic carbocycles. The quantitative estimate of drug-likeness (QED) is 0.778. The van der Waals surface area contributed by atoms with Crippen LogP contribution in [-0.2, 0) is 13.5 Å². The minimum Gasteiger partial charge on any atom is -0.325 e. The highest BCUT2D eigenvalue weighted by molar-refractivity contribution is 5.09. The number of aryl methyl sites for hydroxylation is 1. The van der Waals surface area contributed by atoms with Crippen LogP contribution in [0.5, 0.6) is 0 Å². The minimum atomic E-state index is 0.00773. The van der Waals surface area contributed by atoms with Crippen molar-refractivity contribution in [1.29, 1.82) is 0 Å². The van der Waals surface area contributed by atoms with Crippen molar-refractivity contribution in [3.8, 4) is 0 Å². The summed E-state index contributed by atoms with van der Waals surface area (Å²) in [5.41, 5.74) is 7.81. The Morgan fingerprint density at radius 1 is 1.50 bits per heavy atom. The van der Waals surface area contributed by atoms with Crippen molar-refractivity contribution in [3.05, 3.63) is 18.0 Å². The Kier molecular flexibility index (Phi) is 3.33. The van der Waals surface area contributed by atoms with Gasteiger partial charge in [0.2, 0.25) is 0 Å². The number of hydrogen-bond donors (Lipinski definition) is 1. The van der Waals surface area contributed by atoms with E-state index in [1.807, 2.05) is 17.9 Å². The molecule has 16 heavy (non-hydrogen) atoms. The summed E-state index contributed by atoms with van der Waals surface area (Å²) in [6.07, 6.45) is 11.2. The molecule has 0 spiro atoms. The Morgan fingerprint density at radius 3 is 3.00 bits per heavy atom. The minimum absolute atomic E-state index is 0.00773. The number of nitrogens with zero attached hydrogens (tertiary/aromatic N) is 2. The van der Waals surface area contributed by atoms with Gasteiger partial charge in [0.15, 0.2) is 0 Å².